The molecule has 2 rings (SSSR count). The minimum Gasteiger partial charge on any atom is -0.315 e. The molecule has 0 aliphatic heterocycles. The molecule has 1 fully saturated rings. The van der Waals surface area contributed by atoms with Crippen LogP contribution >= 0.6 is 11.3 Å². The van der Waals surface area contributed by atoms with Crippen molar-refractivity contribution in [3.8, 4) is 0 Å². The molecule has 0 radical (unpaired) electrons. The first-order chi connectivity index (χ1) is 7.77. The van der Waals surface area contributed by atoms with E-state index in [0.29, 0.717) is 6.04 Å². The highest BCUT2D eigenvalue weighted by atomic mass is 32.1. The SMILES string of the molecule is CC(CNCCc1ccsc1)N(C)C1CC1. The van der Waals surface area contributed by atoms with Crippen molar-refractivity contribution < 1.29 is 0 Å². The Hall–Kier alpha value is -0.380. The molecule has 1 aliphatic carbocycles. The zero-order valence-corrected chi connectivity index (χ0v) is 11.1. The van der Waals surface area contributed by atoms with Gasteiger partial charge in [0.2, 0.25) is 0 Å². The number of hydrogen-bond acceptors (Lipinski definition) is 3. The van der Waals surface area contributed by atoms with Crippen LogP contribution in [0.1, 0.15) is 25.3 Å². The van der Waals surface area contributed by atoms with Crippen LogP contribution in [0.4, 0.5) is 0 Å². The van der Waals surface area contributed by atoms with Gasteiger partial charge in [-0.1, -0.05) is 0 Å². The monoisotopic (exact) mass is 238 g/mol. The number of thiophene rings is 1. The summed E-state index contributed by atoms with van der Waals surface area (Å²) in [5.74, 6) is 0. The fraction of sp³-hybridized carbons (Fsp3) is 0.692. The molecule has 1 heterocycles. The minimum atomic E-state index is 0.662. The van der Waals surface area contributed by atoms with Crippen molar-refractivity contribution in [3.63, 3.8) is 0 Å². The molecule has 16 heavy (non-hydrogen) atoms. The molecule has 90 valence electrons. The number of nitrogens with zero attached hydrogens (tertiary/aromatic N) is 1. The molecule has 1 N–H and O–H groups in total. The standard InChI is InChI=1S/C13H22N2S/c1-11(15(2)13-3-4-13)9-14-7-5-12-6-8-16-10-12/h6,8,10-11,13-14H,3-5,7,9H2,1-2H3. The van der Waals surface area contributed by atoms with E-state index in [9.17, 15) is 0 Å². The molecule has 1 saturated carbocycles. The fourth-order valence-electron chi connectivity index (χ4n) is 1.96. The van der Waals surface area contributed by atoms with Gasteiger partial charge in [-0.25, -0.2) is 0 Å². The Kier molecular flexibility index (Phi) is 4.38. The highest BCUT2D eigenvalue weighted by molar-refractivity contribution is 7.07. The summed E-state index contributed by atoms with van der Waals surface area (Å²) in [5, 5.41) is 7.94. The summed E-state index contributed by atoms with van der Waals surface area (Å²) in [6.07, 6.45) is 3.95. The summed E-state index contributed by atoms with van der Waals surface area (Å²) < 4.78 is 0. The van der Waals surface area contributed by atoms with Crippen molar-refractivity contribution in [2.24, 2.45) is 0 Å². The molecule has 1 unspecified atom stereocenters. The van der Waals surface area contributed by atoms with Crippen molar-refractivity contribution in [2.45, 2.75) is 38.3 Å². The first kappa shape index (κ1) is 12.1. The van der Waals surface area contributed by atoms with Gasteiger partial charge >= 0.3 is 0 Å². The Labute approximate surface area is 103 Å². The summed E-state index contributed by atoms with van der Waals surface area (Å²) >= 11 is 1.78. The Bertz CT molecular complexity index is 293. The van der Waals surface area contributed by atoms with E-state index in [0.717, 1.165) is 25.6 Å². The van der Waals surface area contributed by atoms with Crippen LogP contribution in [0.2, 0.25) is 0 Å². The smallest absolute Gasteiger partial charge is 0.0192 e. The first-order valence-electron chi connectivity index (χ1n) is 6.21. The van der Waals surface area contributed by atoms with Gasteiger partial charge < -0.3 is 5.32 Å². The maximum atomic E-state index is 3.55. The molecule has 1 atom stereocenters. The summed E-state index contributed by atoms with van der Waals surface area (Å²) in [6, 6.07) is 3.75. The molecule has 2 nitrogen and oxygen atoms in total. The Morgan fingerprint density at radius 3 is 3.00 bits per heavy atom. The topological polar surface area (TPSA) is 15.3 Å². The average Bonchev–Trinajstić information content (AvgIpc) is 3.01. The third-order valence-corrected chi connectivity index (χ3v) is 4.16. The van der Waals surface area contributed by atoms with Crippen molar-refractivity contribution in [3.05, 3.63) is 22.4 Å². The second kappa shape index (κ2) is 5.80. The van der Waals surface area contributed by atoms with E-state index in [1.807, 2.05) is 0 Å². The molecular weight excluding hydrogens is 216 g/mol. The van der Waals surface area contributed by atoms with Gasteiger partial charge in [0, 0.05) is 18.6 Å². The summed E-state index contributed by atoms with van der Waals surface area (Å²) in [6.45, 7) is 4.52. The maximum absolute atomic E-state index is 3.55. The number of hydrogen-bond donors (Lipinski definition) is 1. The molecular formula is C13H22N2S. The van der Waals surface area contributed by atoms with E-state index < -0.39 is 0 Å². The van der Waals surface area contributed by atoms with Gasteiger partial charge in [0.25, 0.3) is 0 Å². The van der Waals surface area contributed by atoms with Crippen molar-refractivity contribution >= 4 is 11.3 Å². The quantitative estimate of drug-likeness (QED) is 0.734. The van der Waals surface area contributed by atoms with Gasteiger partial charge in [0.1, 0.15) is 0 Å². The maximum Gasteiger partial charge on any atom is 0.0192 e. The third-order valence-electron chi connectivity index (χ3n) is 3.43. The second-order valence-corrected chi connectivity index (χ2v) is 5.61. The highest BCUT2D eigenvalue weighted by Gasteiger charge is 2.28. The lowest BCUT2D eigenvalue weighted by molar-refractivity contribution is 0.241. The largest absolute Gasteiger partial charge is 0.315 e. The molecule has 0 spiro atoms. The van der Waals surface area contributed by atoms with Crippen LogP contribution in [0.15, 0.2) is 16.8 Å². The minimum absolute atomic E-state index is 0.662. The van der Waals surface area contributed by atoms with Gasteiger partial charge in [0.05, 0.1) is 0 Å². The summed E-state index contributed by atoms with van der Waals surface area (Å²) in [7, 11) is 2.25. The van der Waals surface area contributed by atoms with E-state index >= 15 is 0 Å². The van der Waals surface area contributed by atoms with Crippen molar-refractivity contribution in [1.82, 2.24) is 10.2 Å². The highest BCUT2D eigenvalue weighted by Crippen LogP contribution is 2.26. The number of rotatable bonds is 7. The molecule has 0 saturated heterocycles. The van der Waals surface area contributed by atoms with Gasteiger partial charge in [0.15, 0.2) is 0 Å². The van der Waals surface area contributed by atoms with E-state index in [1.54, 1.807) is 11.3 Å². The molecule has 1 aliphatic rings. The third kappa shape index (κ3) is 3.58. The van der Waals surface area contributed by atoms with E-state index in [-0.39, 0.29) is 0 Å². The van der Waals surface area contributed by atoms with Crippen LogP contribution in [-0.2, 0) is 6.42 Å². The van der Waals surface area contributed by atoms with E-state index in [2.05, 4.69) is 41.0 Å². The Morgan fingerprint density at radius 1 is 1.56 bits per heavy atom. The second-order valence-electron chi connectivity index (χ2n) is 4.83. The van der Waals surface area contributed by atoms with Crippen LogP contribution in [0.3, 0.4) is 0 Å². The molecule has 0 aromatic carbocycles. The van der Waals surface area contributed by atoms with Crippen molar-refractivity contribution in [1.29, 1.82) is 0 Å². The lowest BCUT2D eigenvalue weighted by atomic mass is 10.2. The zero-order chi connectivity index (χ0) is 11.4. The Balaban J connectivity index is 1.57. The predicted molar refractivity (Wildman–Crippen MR) is 71.1 cm³/mol. The number of nitrogens with one attached hydrogen (secondary N) is 1. The van der Waals surface area contributed by atoms with Crippen LogP contribution in [0, 0.1) is 0 Å². The molecule has 1 aromatic rings. The lowest BCUT2D eigenvalue weighted by Gasteiger charge is -2.24. The number of likely N-dealkylation sites (N-methyl/N-ethyl adjacent to an activating group) is 1. The lowest BCUT2D eigenvalue weighted by Crippen LogP contribution is -2.39. The summed E-state index contributed by atoms with van der Waals surface area (Å²) in [4.78, 5) is 2.51. The molecule has 3 heteroatoms. The molecule has 0 bridgehead atoms. The van der Waals surface area contributed by atoms with Crippen LogP contribution in [0.25, 0.3) is 0 Å². The van der Waals surface area contributed by atoms with Crippen LogP contribution in [-0.4, -0.2) is 37.1 Å². The zero-order valence-electron chi connectivity index (χ0n) is 10.3. The van der Waals surface area contributed by atoms with E-state index in [1.165, 1.54) is 18.4 Å². The van der Waals surface area contributed by atoms with Gasteiger partial charge in [-0.05, 0) is 62.2 Å². The fourth-order valence-corrected chi connectivity index (χ4v) is 2.67. The average molecular weight is 238 g/mol. The van der Waals surface area contributed by atoms with Crippen molar-refractivity contribution in [2.75, 3.05) is 20.1 Å². The van der Waals surface area contributed by atoms with Crippen LogP contribution < -0.4 is 5.32 Å². The van der Waals surface area contributed by atoms with Gasteiger partial charge in [-0.2, -0.15) is 11.3 Å². The molecule has 1 aromatic heterocycles. The van der Waals surface area contributed by atoms with Crippen LogP contribution in [0.5, 0.6) is 0 Å². The summed E-state index contributed by atoms with van der Waals surface area (Å²) in [5.41, 5.74) is 1.46. The van der Waals surface area contributed by atoms with Gasteiger partial charge in [-0.15, -0.1) is 0 Å². The normalized spacial score (nSPS) is 17.9. The molecule has 0 amide bonds. The van der Waals surface area contributed by atoms with E-state index in [4.69, 9.17) is 0 Å². The predicted octanol–water partition coefficient (Wildman–Crippen LogP) is 2.36. The van der Waals surface area contributed by atoms with Gasteiger partial charge in [-0.3, -0.25) is 4.90 Å². The first-order valence-corrected chi connectivity index (χ1v) is 7.15. The Morgan fingerprint density at radius 2 is 2.38 bits per heavy atom.